The van der Waals surface area contributed by atoms with Crippen LogP contribution in [0, 0.1) is 0 Å². The van der Waals surface area contributed by atoms with Crippen molar-refractivity contribution in [3.05, 3.63) is 12.2 Å². The molecule has 0 heterocycles. The molecule has 0 aromatic heterocycles. The highest BCUT2D eigenvalue weighted by atomic mass is 14.2. The lowest BCUT2D eigenvalue weighted by molar-refractivity contribution is 0.608. The van der Waals surface area contributed by atoms with Gasteiger partial charge in [-0.15, -0.1) is 6.58 Å². The van der Waals surface area contributed by atoms with Crippen LogP contribution in [0.2, 0.25) is 23.8 Å². The molecule has 86 valence electrons. The Morgan fingerprint density at radius 1 is 1.27 bits per heavy atom. The molecule has 1 atom stereocenters. The molecule has 15 heavy (non-hydrogen) atoms. The fraction of sp³-hybridized carbons (Fsp3) is 0.846. The highest BCUT2D eigenvalue weighted by molar-refractivity contribution is 6.46. The normalized spacial score (nSPS) is 15.6. The fourth-order valence-corrected chi connectivity index (χ4v) is 1.94. The van der Waals surface area contributed by atoms with Crippen molar-refractivity contribution in [3.63, 3.8) is 0 Å². The Morgan fingerprint density at radius 2 is 1.80 bits per heavy atom. The summed E-state index contributed by atoms with van der Waals surface area (Å²) in [5, 5.41) is 0.976. The van der Waals surface area contributed by atoms with Gasteiger partial charge in [-0.1, -0.05) is 63.5 Å². The largest absolute Gasteiger partial charge is 0.127 e. The summed E-state index contributed by atoms with van der Waals surface area (Å²) < 4.78 is 0. The van der Waals surface area contributed by atoms with Gasteiger partial charge in [0.2, 0.25) is 0 Å². The Bertz CT molecular complexity index is 209. The van der Waals surface area contributed by atoms with Crippen LogP contribution >= 0.6 is 0 Å². The summed E-state index contributed by atoms with van der Waals surface area (Å²) in [6, 6.07) is 0. The van der Waals surface area contributed by atoms with E-state index in [0.717, 1.165) is 0 Å². The highest BCUT2D eigenvalue weighted by Crippen LogP contribution is 2.40. The summed E-state index contributed by atoms with van der Waals surface area (Å²) in [4.78, 5) is 0. The first-order chi connectivity index (χ1) is 6.74. The molecule has 0 fully saturated rings. The third kappa shape index (κ3) is 6.12. The SMILES string of the molecule is C=C(C)CC(C)(BC)CBC(C)(C)CC. The van der Waals surface area contributed by atoms with Crippen molar-refractivity contribution in [1.82, 2.24) is 0 Å². The minimum atomic E-state index is 0.471. The van der Waals surface area contributed by atoms with E-state index in [-0.39, 0.29) is 0 Å². The Kier molecular flexibility index (Phi) is 5.77. The monoisotopic (exact) mass is 206 g/mol. The third-order valence-electron chi connectivity index (χ3n) is 3.94. The van der Waals surface area contributed by atoms with Crippen LogP contribution < -0.4 is 0 Å². The van der Waals surface area contributed by atoms with Crippen LogP contribution in [-0.2, 0) is 0 Å². The number of hydrogen-bond acceptors (Lipinski definition) is 0. The van der Waals surface area contributed by atoms with Crippen molar-refractivity contribution < 1.29 is 0 Å². The topological polar surface area (TPSA) is 0 Å². The molecule has 0 aromatic carbocycles. The van der Waals surface area contributed by atoms with Gasteiger partial charge in [0.15, 0.2) is 0 Å². The first-order valence-corrected chi connectivity index (χ1v) is 6.39. The average molecular weight is 206 g/mol. The lowest BCUT2D eigenvalue weighted by Crippen LogP contribution is -2.22. The molecular formula is C13H28B2. The van der Waals surface area contributed by atoms with Crippen molar-refractivity contribution in [3.8, 4) is 0 Å². The molecule has 0 saturated heterocycles. The van der Waals surface area contributed by atoms with Gasteiger partial charge in [-0.3, -0.25) is 0 Å². The lowest BCUT2D eigenvalue weighted by Gasteiger charge is -2.32. The molecule has 0 aromatic rings. The predicted octanol–water partition coefficient (Wildman–Crippen LogP) is 4.08. The minimum absolute atomic E-state index is 0.471. The van der Waals surface area contributed by atoms with Gasteiger partial charge in [0.25, 0.3) is 0 Å². The maximum Gasteiger partial charge on any atom is 0.127 e. The Labute approximate surface area is 98.4 Å². The molecule has 2 heteroatoms. The smallest absolute Gasteiger partial charge is 0.100 e. The fourth-order valence-electron chi connectivity index (χ4n) is 1.94. The van der Waals surface area contributed by atoms with E-state index in [0.29, 0.717) is 10.6 Å². The van der Waals surface area contributed by atoms with Crippen molar-refractivity contribution >= 4 is 14.6 Å². The molecule has 0 bridgehead atoms. The molecule has 0 radical (unpaired) electrons. The maximum atomic E-state index is 4.05. The Balaban J connectivity index is 4.26. The second kappa shape index (κ2) is 5.82. The summed E-state index contributed by atoms with van der Waals surface area (Å²) in [5.41, 5.74) is 1.33. The number of allylic oxidation sites excluding steroid dienone is 1. The molecule has 0 aliphatic rings. The minimum Gasteiger partial charge on any atom is -0.100 e. The highest BCUT2D eigenvalue weighted by Gasteiger charge is 2.27. The Hall–Kier alpha value is -0.130. The average Bonchev–Trinajstić information content (AvgIpc) is 2.14. The van der Waals surface area contributed by atoms with Crippen molar-refractivity contribution in [1.29, 1.82) is 0 Å². The summed E-state index contributed by atoms with van der Waals surface area (Å²) >= 11 is 0. The molecule has 0 aliphatic carbocycles. The van der Waals surface area contributed by atoms with Crippen molar-refractivity contribution in [2.75, 3.05) is 0 Å². The van der Waals surface area contributed by atoms with Gasteiger partial charge in [0.1, 0.15) is 14.6 Å². The zero-order chi connectivity index (χ0) is 12.1. The van der Waals surface area contributed by atoms with Crippen LogP contribution in [0.4, 0.5) is 0 Å². The molecule has 0 spiro atoms. The number of hydrogen-bond donors (Lipinski definition) is 0. The zero-order valence-electron chi connectivity index (χ0n) is 11.7. The molecule has 0 saturated carbocycles. The van der Waals surface area contributed by atoms with E-state index in [2.05, 4.69) is 48.0 Å². The molecule has 0 rings (SSSR count). The van der Waals surface area contributed by atoms with Crippen LogP contribution in [0.3, 0.4) is 0 Å². The summed E-state index contributed by atoms with van der Waals surface area (Å²) in [5.74, 6) is 0. The van der Waals surface area contributed by atoms with E-state index in [1.165, 1.54) is 39.3 Å². The number of rotatable bonds is 7. The summed E-state index contributed by atoms with van der Waals surface area (Å²) in [7, 11) is 2.60. The second-order valence-electron chi connectivity index (χ2n) is 6.32. The van der Waals surface area contributed by atoms with E-state index >= 15 is 0 Å². The maximum absolute atomic E-state index is 4.05. The standard InChI is InChI=1S/C13H28B2/c1-8-12(4,5)15-10-13(6,14-7)9-11(2)3/h14-15H,2,8-10H2,1,3-7H3. The molecule has 1 unspecified atom stereocenters. The summed E-state index contributed by atoms with van der Waals surface area (Å²) in [6.07, 6.45) is 3.79. The van der Waals surface area contributed by atoms with E-state index in [1.807, 2.05) is 0 Å². The van der Waals surface area contributed by atoms with Crippen LogP contribution in [0.5, 0.6) is 0 Å². The van der Waals surface area contributed by atoms with Gasteiger partial charge in [-0.2, -0.15) is 0 Å². The quantitative estimate of drug-likeness (QED) is 0.434. The molecule has 0 nitrogen and oxygen atoms in total. The van der Waals surface area contributed by atoms with Crippen molar-refractivity contribution in [2.45, 2.75) is 71.2 Å². The first-order valence-electron chi connectivity index (χ1n) is 6.39. The van der Waals surface area contributed by atoms with Gasteiger partial charge in [-0.25, -0.2) is 0 Å². The van der Waals surface area contributed by atoms with Gasteiger partial charge in [0.05, 0.1) is 0 Å². The molecule has 0 amide bonds. The van der Waals surface area contributed by atoms with Crippen LogP contribution in [-0.4, -0.2) is 14.6 Å². The van der Waals surface area contributed by atoms with Gasteiger partial charge in [-0.05, 0) is 13.3 Å². The van der Waals surface area contributed by atoms with Crippen molar-refractivity contribution in [2.24, 2.45) is 0 Å². The lowest BCUT2D eigenvalue weighted by atomic mass is 9.39. The second-order valence-corrected chi connectivity index (χ2v) is 6.32. The van der Waals surface area contributed by atoms with E-state index in [4.69, 9.17) is 0 Å². The van der Waals surface area contributed by atoms with Gasteiger partial charge in [0, 0.05) is 0 Å². The summed E-state index contributed by atoms with van der Waals surface area (Å²) in [6.45, 7) is 18.0. The van der Waals surface area contributed by atoms with Crippen LogP contribution in [0.25, 0.3) is 0 Å². The van der Waals surface area contributed by atoms with Crippen LogP contribution in [0.15, 0.2) is 12.2 Å². The van der Waals surface area contributed by atoms with Gasteiger partial charge < -0.3 is 0 Å². The Morgan fingerprint density at radius 3 is 2.13 bits per heavy atom. The first kappa shape index (κ1) is 14.9. The van der Waals surface area contributed by atoms with E-state index in [9.17, 15) is 0 Å². The molecular weight excluding hydrogens is 178 g/mol. The van der Waals surface area contributed by atoms with Crippen LogP contribution in [0.1, 0.15) is 47.5 Å². The zero-order valence-corrected chi connectivity index (χ0v) is 11.7. The van der Waals surface area contributed by atoms with E-state index in [1.54, 1.807) is 0 Å². The molecule has 0 aliphatic heterocycles. The van der Waals surface area contributed by atoms with E-state index < -0.39 is 0 Å². The molecule has 0 N–H and O–H groups in total. The predicted molar refractivity (Wildman–Crippen MR) is 77.1 cm³/mol. The third-order valence-corrected chi connectivity index (χ3v) is 3.94. The van der Waals surface area contributed by atoms with Gasteiger partial charge >= 0.3 is 0 Å².